The van der Waals surface area contributed by atoms with E-state index in [1.807, 2.05) is 13.8 Å². The largest absolute Gasteiger partial charge is 0.476 e. The maximum absolute atomic E-state index is 11.2. The highest BCUT2D eigenvalue weighted by Gasteiger charge is 2.18. The SMILES string of the molecule is Cc1coc(Sc2cnc(C(C)C)nc2C(=O)O)n1. The van der Waals surface area contributed by atoms with Gasteiger partial charge in [-0.15, -0.1) is 0 Å². The van der Waals surface area contributed by atoms with E-state index in [4.69, 9.17) is 4.42 Å². The van der Waals surface area contributed by atoms with Crippen LogP contribution in [-0.4, -0.2) is 26.0 Å². The summed E-state index contributed by atoms with van der Waals surface area (Å²) in [5, 5.41) is 9.58. The van der Waals surface area contributed by atoms with Crippen molar-refractivity contribution in [2.45, 2.75) is 36.8 Å². The molecule has 1 N–H and O–H groups in total. The van der Waals surface area contributed by atoms with E-state index in [1.54, 1.807) is 6.92 Å². The van der Waals surface area contributed by atoms with Gasteiger partial charge in [0.1, 0.15) is 12.1 Å². The van der Waals surface area contributed by atoms with Gasteiger partial charge >= 0.3 is 5.97 Å². The predicted octanol–water partition coefficient (Wildman–Crippen LogP) is 2.75. The van der Waals surface area contributed by atoms with Gasteiger partial charge in [-0.1, -0.05) is 13.8 Å². The van der Waals surface area contributed by atoms with Gasteiger partial charge in [0.05, 0.1) is 10.6 Å². The number of carboxylic acids is 1. The summed E-state index contributed by atoms with van der Waals surface area (Å²) in [6.45, 7) is 5.61. The van der Waals surface area contributed by atoms with Crippen LogP contribution in [0.15, 0.2) is 27.0 Å². The van der Waals surface area contributed by atoms with Crippen LogP contribution in [0, 0.1) is 6.92 Å². The van der Waals surface area contributed by atoms with E-state index in [9.17, 15) is 9.90 Å². The molecule has 19 heavy (non-hydrogen) atoms. The summed E-state index contributed by atoms with van der Waals surface area (Å²) < 4.78 is 5.18. The van der Waals surface area contributed by atoms with Gasteiger partial charge in [0.25, 0.3) is 5.22 Å². The lowest BCUT2D eigenvalue weighted by Crippen LogP contribution is -2.08. The Bertz CT molecular complexity index is 610. The van der Waals surface area contributed by atoms with Crippen molar-refractivity contribution in [3.63, 3.8) is 0 Å². The average Bonchev–Trinajstić information content (AvgIpc) is 2.74. The smallest absolute Gasteiger partial charge is 0.355 e. The second-order valence-corrected chi connectivity index (χ2v) is 5.25. The number of hydrogen-bond donors (Lipinski definition) is 1. The van der Waals surface area contributed by atoms with E-state index < -0.39 is 5.97 Å². The Hall–Kier alpha value is -1.89. The molecule has 0 radical (unpaired) electrons. The number of aromatic carboxylic acids is 1. The molecule has 0 atom stereocenters. The molecule has 0 saturated heterocycles. The lowest BCUT2D eigenvalue weighted by atomic mass is 10.2. The van der Waals surface area contributed by atoms with E-state index >= 15 is 0 Å². The molecule has 6 nitrogen and oxygen atoms in total. The first-order chi connectivity index (χ1) is 8.97. The Kier molecular flexibility index (Phi) is 3.84. The van der Waals surface area contributed by atoms with E-state index in [1.165, 1.54) is 12.5 Å². The lowest BCUT2D eigenvalue weighted by Gasteiger charge is -2.07. The minimum Gasteiger partial charge on any atom is -0.476 e. The molecule has 100 valence electrons. The third-order valence-electron chi connectivity index (χ3n) is 2.29. The molecule has 0 spiro atoms. The number of carboxylic acid groups (broad SMARTS) is 1. The number of hydrogen-bond acceptors (Lipinski definition) is 6. The fourth-order valence-corrected chi connectivity index (χ4v) is 2.17. The summed E-state index contributed by atoms with van der Waals surface area (Å²) in [7, 11) is 0. The van der Waals surface area contributed by atoms with Gasteiger partial charge in [-0.25, -0.2) is 19.7 Å². The lowest BCUT2D eigenvalue weighted by molar-refractivity contribution is 0.0685. The van der Waals surface area contributed by atoms with Crippen molar-refractivity contribution in [1.29, 1.82) is 0 Å². The Labute approximate surface area is 114 Å². The zero-order valence-electron chi connectivity index (χ0n) is 10.7. The number of nitrogens with zero attached hydrogens (tertiary/aromatic N) is 3. The number of aromatic nitrogens is 3. The number of carbonyl (C=O) groups is 1. The summed E-state index contributed by atoms with van der Waals surface area (Å²) in [6.07, 6.45) is 3.00. The van der Waals surface area contributed by atoms with E-state index in [0.29, 0.717) is 15.9 Å². The molecule has 2 aromatic rings. The van der Waals surface area contributed by atoms with Gasteiger partial charge in [0.2, 0.25) is 0 Å². The first-order valence-electron chi connectivity index (χ1n) is 5.67. The fraction of sp³-hybridized carbons (Fsp3) is 0.333. The topological polar surface area (TPSA) is 89.1 Å². The molecule has 0 bridgehead atoms. The minimum atomic E-state index is -1.09. The molecule has 2 heterocycles. The first kappa shape index (κ1) is 13.5. The van der Waals surface area contributed by atoms with Crippen molar-refractivity contribution in [3.05, 3.63) is 29.7 Å². The molecule has 2 aromatic heterocycles. The third kappa shape index (κ3) is 3.11. The van der Waals surface area contributed by atoms with Crippen LogP contribution in [0.1, 0.15) is 41.8 Å². The zero-order valence-corrected chi connectivity index (χ0v) is 11.6. The average molecular weight is 279 g/mol. The number of rotatable bonds is 4. The summed E-state index contributed by atoms with van der Waals surface area (Å²) in [5.41, 5.74) is 0.707. The van der Waals surface area contributed by atoms with Crippen LogP contribution in [-0.2, 0) is 0 Å². The van der Waals surface area contributed by atoms with Gasteiger partial charge in [0.15, 0.2) is 5.69 Å². The zero-order chi connectivity index (χ0) is 14.0. The normalized spacial score (nSPS) is 10.9. The molecule has 0 amide bonds. The summed E-state index contributed by atoms with van der Waals surface area (Å²) in [6, 6.07) is 0. The van der Waals surface area contributed by atoms with Gasteiger partial charge in [-0.3, -0.25) is 0 Å². The van der Waals surface area contributed by atoms with Crippen molar-refractivity contribution >= 4 is 17.7 Å². The van der Waals surface area contributed by atoms with Crippen LogP contribution in [0.3, 0.4) is 0 Å². The molecule has 0 aliphatic heterocycles. The molecular formula is C12H13N3O3S. The molecule has 0 aliphatic carbocycles. The van der Waals surface area contributed by atoms with Gasteiger partial charge in [-0.2, -0.15) is 0 Å². The van der Waals surface area contributed by atoms with Crippen molar-refractivity contribution in [1.82, 2.24) is 15.0 Å². The Morgan fingerprint density at radius 1 is 1.42 bits per heavy atom. The predicted molar refractivity (Wildman–Crippen MR) is 68.4 cm³/mol. The monoisotopic (exact) mass is 279 g/mol. The highest BCUT2D eigenvalue weighted by molar-refractivity contribution is 7.99. The molecule has 2 rings (SSSR count). The van der Waals surface area contributed by atoms with Gasteiger partial charge in [-0.05, 0) is 18.7 Å². The second-order valence-electron chi connectivity index (χ2n) is 4.26. The van der Waals surface area contributed by atoms with Crippen LogP contribution >= 0.6 is 11.8 Å². The highest BCUT2D eigenvalue weighted by Crippen LogP contribution is 2.29. The Morgan fingerprint density at radius 2 is 2.16 bits per heavy atom. The maximum Gasteiger partial charge on any atom is 0.355 e. The molecule has 0 fully saturated rings. The quantitative estimate of drug-likeness (QED) is 0.920. The molecule has 0 saturated carbocycles. The van der Waals surface area contributed by atoms with Crippen LogP contribution < -0.4 is 0 Å². The van der Waals surface area contributed by atoms with E-state index in [2.05, 4.69) is 15.0 Å². The Morgan fingerprint density at radius 3 is 2.68 bits per heavy atom. The van der Waals surface area contributed by atoms with Crippen LogP contribution in [0.5, 0.6) is 0 Å². The molecular weight excluding hydrogens is 266 g/mol. The molecule has 0 unspecified atom stereocenters. The maximum atomic E-state index is 11.2. The first-order valence-corrected chi connectivity index (χ1v) is 6.49. The fourth-order valence-electron chi connectivity index (χ4n) is 1.36. The van der Waals surface area contributed by atoms with Crippen molar-refractivity contribution in [2.75, 3.05) is 0 Å². The van der Waals surface area contributed by atoms with E-state index in [0.717, 1.165) is 17.5 Å². The molecule has 0 aromatic carbocycles. The molecule has 7 heteroatoms. The van der Waals surface area contributed by atoms with Crippen LogP contribution in [0.2, 0.25) is 0 Å². The van der Waals surface area contributed by atoms with E-state index in [-0.39, 0.29) is 11.6 Å². The standard InChI is InChI=1S/C12H13N3O3S/c1-6(2)10-13-4-8(9(15-10)11(16)17)19-12-14-7(3)5-18-12/h4-6H,1-3H3,(H,16,17). The van der Waals surface area contributed by atoms with Gasteiger partial charge < -0.3 is 9.52 Å². The summed E-state index contributed by atoms with van der Waals surface area (Å²) >= 11 is 1.10. The highest BCUT2D eigenvalue weighted by atomic mass is 32.2. The van der Waals surface area contributed by atoms with Crippen LogP contribution in [0.25, 0.3) is 0 Å². The van der Waals surface area contributed by atoms with Crippen molar-refractivity contribution < 1.29 is 14.3 Å². The summed E-state index contributed by atoms with van der Waals surface area (Å²) in [4.78, 5) is 24.0. The second kappa shape index (κ2) is 5.40. The third-order valence-corrected chi connectivity index (χ3v) is 3.17. The van der Waals surface area contributed by atoms with Gasteiger partial charge in [0, 0.05) is 12.1 Å². The minimum absolute atomic E-state index is 0.0282. The molecule has 0 aliphatic rings. The van der Waals surface area contributed by atoms with Crippen LogP contribution in [0.4, 0.5) is 0 Å². The van der Waals surface area contributed by atoms with Crippen molar-refractivity contribution in [3.8, 4) is 0 Å². The number of oxazole rings is 1. The summed E-state index contributed by atoms with van der Waals surface area (Å²) in [5.74, 6) is -0.512. The number of aryl methyl sites for hydroxylation is 1. The Balaban J connectivity index is 2.36. The van der Waals surface area contributed by atoms with Crippen molar-refractivity contribution in [2.24, 2.45) is 0 Å².